The molecule has 1 saturated carbocycles. The quantitative estimate of drug-likeness (QED) is 0.651. The first kappa shape index (κ1) is 11.5. The molecule has 3 unspecified atom stereocenters. The van der Waals surface area contributed by atoms with Crippen LogP contribution in [0.2, 0.25) is 0 Å². The lowest BCUT2D eigenvalue weighted by atomic mass is 9.82. The molecule has 0 aromatic rings. The van der Waals surface area contributed by atoms with Crippen LogP contribution in [0.4, 0.5) is 0 Å². The minimum atomic E-state index is -0.0153. The summed E-state index contributed by atoms with van der Waals surface area (Å²) in [5.74, 6) is 1.25. The fourth-order valence-electron chi connectivity index (χ4n) is 2.08. The van der Waals surface area contributed by atoms with Crippen LogP contribution in [0, 0.1) is 11.8 Å². The van der Waals surface area contributed by atoms with Gasteiger partial charge < -0.3 is 4.74 Å². The van der Waals surface area contributed by atoms with E-state index >= 15 is 0 Å². The highest BCUT2D eigenvalue weighted by Crippen LogP contribution is 2.30. The number of carbonyl (C=O) groups is 1. The van der Waals surface area contributed by atoms with E-state index in [1.165, 1.54) is 12.8 Å². The van der Waals surface area contributed by atoms with Crippen molar-refractivity contribution >= 4 is 5.97 Å². The zero-order chi connectivity index (χ0) is 10.6. The Bertz CT molecular complexity index is 189. The van der Waals surface area contributed by atoms with Gasteiger partial charge in [0.1, 0.15) is 6.10 Å². The van der Waals surface area contributed by atoms with Crippen molar-refractivity contribution in [1.82, 2.24) is 0 Å². The SMILES string of the molecule is CCCC(=O)OC1CC(C)CCC1C. The highest BCUT2D eigenvalue weighted by molar-refractivity contribution is 5.69. The number of esters is 1. The molecule has 0 radical (unpaired) electrons. The number of hydrogen-bond acceptors (Lipinski definition) is 2. The molecule has 2 nitrogen and oxygen atoms in total. The number of rotatable bonds is 3. The van der Waals surface area contributed by atoms with E-state index in [2.05, 4.69) is 13.8 Å². The van der Waals surface area contributed by atoms with Gasteiger partial charge in [-0.05, 0) is 31.1 Å². The molecule has 14 heavy (non-hydrogen) atoms. The van der Waals surface area contributed by atoms with Crippen molar-refractivity contribution in [2.75, 3.05) is 0 Å². The Morgan fingerprint density at radius 1 is 1.36 bits per heavy atom. The minimum absolute atomic E-state index is 0.0153. The Labute approximate surface area is 87.0 Å². The van der Waals surface area contributed by atoms with Gasteiger partial charge in [0.05, 0.1) is 0 Å². The first-order valence-electron chi connectivity index (χ1n) is 5.83. The van der Waals surface area contributed by atoms with Crippen molar-refractivity contribution in [2.24, 2.45) is 11.8 Å². The molecule has 3 atom stereocenters. The van der Waals surface area contributed by atoms with Crippen molar-refractivity contribution in [2.45, 2.75) is 59.0 Å². The van der Waals surface area contributed by atoms with Crippen LogP contribution in [-0.4, -0.2) is 12.1 Å². The number of hydrogen-bond donors (Lipinski definition) is 0. The molecule has 0 aliphatic heterocycles. The Hall–Kier alpha value is -0.530. The second-order valence-corrected chi connectivity index (χ2v) is 4.67. The lowest BCUT2D eigenvalue weighted by Gasteiger charge is -2.32. The summed E-state index contributed by atoms with van der Waals surface area (Å²) in [5.41, 5.74) is 0. The fraction of sp³-hybridized carbons (Fsp3) is 0.917. The molecule has 1 rings (SSSR count). The molecule has 0 N–H and O–H groups in total. The van der Waals surface area contributed by atoms with Gasteiger partial charge in [-0.2, -0.15) is 0 Å². The van der Waals surface area contributed by atoms with E-state index in [0.717, 1.165) is 12.8 Å². The predicted octanol–water partition coefficient (Wildman–Crippen LogP) is 3.15. The molecule has 0 saturated heterocycles. The van der Waals surface area contributed by atoms with Crippen molar-refractivity contribution in [1.29, 1.82) is 0 Å². The molecule has 82 valence electrons. The van der Waals surface area contributed by atoms with Gasteiger partial charge in [-0.3, -0.25) is 4.79 Å². The molecule has 1 aliphatic rings. The zero-order valence-corrected chi connectivity index (χ0v) is 9.58. The van der Waals surface area contributed by atoms with Crippen LogP contribution in [0.5, 0.6) is 0 Å². The Morgan fingerprint density at radius 3 is 2.71 bits per heavy atom. The number of carbonyl (C=O) groups excluding carboxylic acids is 1. The van der Waals surface area contributed by atoms with E-state index in [4.69, 9.17) is 4.74 Å². The monoisotopic (exact) mass is 198 g/mol. The van der Waals surface area contributed by atoms with E-state index < -0.39 is 0 Å². The summed E-state index contributed by atoms with van der Waals surface area (Å²) < 4.78 is 5.48. The molecule has 0 spiro atoms. The predicted molar refractivity (Wildman–Crippen MR) is 57.0 cm³/mol. The average molecular weight is 198 g/mol. The van der Waals surface area contributed by atoms with E-state index in [9.17, 15) is 4.79 Å². The van der Waals surface area contributed by atoms with Crippen LogP contribution in [0.25, 0.3) is 0 Å². The van der Waals surface area contributed by atoms with E-state index in [0.29, 0.717) is 18.3 Å². The van der Waals surface area contributed by atoms with Gasteiger partial charge in [0.15, 0.2) is 0 Å². The highest BCUT2D eigenvalue weighted by atomic mass is 16.5. The van der Waals surface area contributed by atoms with Crippen molar-refractivity contribution in [3.05, 3.63) is 0 Å². The molecule has 0 bridgehead atoms. The molecule has 0 aromatic heterocycles. The van der Waals surface area contributed by atoms with E-state index in [1.54, 1.807) is 0 Å². The summed E-state index contributed by atoms with van der Waals surface area (Å²) in [4.78, 5) is 11.3. The third-order valence-corrected chi connectivity index (χ3v) is 3.12. The van der Waals surface area contributed by atoms with Crippen LogP contribution in [0.3, 0.4) is 0 Å². The van der Waals surface area contributed by atoms with Gasteiger partial charge in [-0.1, -0.05) is 27.2 Å². The normalized spacial score (nSPS) is 32.6. The third-order valence-electron chi connectivity index (χ3n) is 3.12. The van der Waals surface area contributed by atoms with Crippen LogP contribution in [0.15, 0.2) is 0 Å². The summed E-state index contributed by atoms with van der Waals surface area (Å²) in [5, 5.41) is 0. The van der Waals surface area contributed by atoms with Crippen molar-refractivity contribution in [3.8, 4) is 0 Å². The topological polar surface area (TPSA) is 26.3 Å². The maximum atomic E-state index is 11.3. The summed E-state index contributed by atoms with van der Waals surface area (Å²) >= 11 is 0. The Kier molecular flexibility index (Phi) is 4.43. The van der Waals surface area contributed by atoms with Crippen LogP contribution in [0.1, 0.15) is 52.9 Å². The van der Waals surface area contributed by atoms with Crippen LogP contribution in [-0.2, 0) is 9.53 Å². The summed E-state index contributed by atoms with van der Waals surface area (Å²) in [7, 11) is 0. The molecule has 1 fully saturated rings. The molecule has 0 amide bonds. The first-order chi connectivity index (χ1) is 6.63. The molecule has 0 aromatic carbocycles. The second-order valence-electron chi connectivity index (χ2n) is 4.67. The molecule has 0 heterocycles. The summed E-state index contributed by atoms with van der Waals surface area (Å²) in [6.45, 7) is 6.44. The Morgan fingerprint density at radius 2 is 2.07 bits per heavy atom. The van der Waals surface area contributed by atoms with Crippen LogP contribution >= 0.6 is 0 Å². The smallest absolute Gasteiger partial charge is 0.306 e. The fourth-order valence-corrected chi connectivity index (χ4v) is 2.08. The maximum absolute atomic E-state index is 11.3. The third kappa shape index (κ3) is 3.32. The van der Waals surface area contributed by atoms with Crippen LogP contribution < -0.4 is 0 Å². The van der Waals surface area contributed by atoms with E-state index in [-0.39, 0.29) is 12.1 Å². The van der Waals surface area contributed by atoms with Crippen molar-refractivity contribution < 1.29 is 9.53 Å². The van der Waals surface area contributed by atoms with Gasteiger partial charge in [-0.15, -0.1) is 0 Å². The van der Waals surface area contributed by atoms with Gasteiger partial charge in [0, 0.05) is 6.42 Å². The highest BCUT2D eigenvalue weighted by Gasteiger charge is 2.28. The Balaban J connectivity index is 2.37. The second kappa shape index (κ2) is 5.38. The zero-order valence-electron chi connectivity index (χ0n) is 9.58. The van der Waals surface area contributed by atoms with E-state index in [1.807, 2.05) is 6.92 Å². The molecular weight excluding hydrogens is 176 g/mol. The standard InChI is InChI=1S/C12H22O2/c1-4-5-12(13)14-11-8-9(2)6-7-10(11)3/h9-11H,4-8H2,1-3H3. The lowest BCUT2D eigenvalue weighted by Crippen LogP contribution is -2.31. The van der Waals surface area contributed by atoms with Gasteiger partial charge in [-0.25, -0.2) is 0 Å². The van der Waals surface area contributed by atoms with Gasteiger partial charge >= 0.3 is 5.97 Å². The number of ether oxygens (including phenoxy) is 1. The van der Waals surface area contributed by atoms with Gasteiger partial charge in [0.25, 0.3) is 0 Å². The van der Waals surface area contributed by atoms with Crippen molar-refractivity contribution in [3.63, 3.8) is 0 Å². The molecular formula is C12H22O2. The largest absolute Gasteiger partial charge is 0.462 e. The summed E-state index contributed by atoms with van der Waals surface area (Å²) in [6, 6.07) is 0. The first-order valence-corrected chi connectivity index (χ1v) is 5.83. The summed E-state index contributed by atoms with van der Waals surface area (Å²) in [6.07, 6.45) is 5.16. The molecule has 2 heteroatoms. The maximum Gasteiger partial charge on any atom is 0.306 e. The lowest BCUT2D eigenvalue weighted by molar-refractivity contribution is -0.154. The minimum Gasteiger partial charge on any atom is -0.462 e. The van der Waals surface area contributed by atoms with Gasteiger partial charge in [0.2, 0.25) is 0 Å². The molecule has 1 aliphatic carbocycles. The average Bonchev–Trinajstić information content (AvgIpc) is 2.12.